The molecule has 0 spiro atoms. The van der Waals surface area contributed by atoms with Gasteiger partial charge in [-0.1, -0.05) is 12.1 Å². The summed E-state index contributed by atoms with van der Waals surface area (Å²) < 4.78 is 4.03. The van der Waals surface area contributed by atoms with Gasteiger partial charge >= 0.3 is 0 Å². The molecule has 0 aliphatic heterocycles. The average molecular weight is 276 g/mol. The standard InChI is InChI=1S/C14H24N6/c1-5-6-19-11-15-8-13(19)10-20-9-12(17-18-20)7-16-14(2,3)4/h8-9,11,16H,5-7,10H2,1-4H3. The van der Waals surface area contributed by atoms with E-state index < -0.39 is 0 Å². The lowest BCUT2D eigenvalue weighted by Gasteiger charge is -2.19. The number of aromatic nitrogens is 5. The Morgan fingerprint density at radius 2 is 2.10 bits per heavy atom. The third-order valence-corrected chi connectivity index (χ3v) is 2.97. The lowest BCUT2D eigenvalue weighted by Crippen LogP contribution is -2.35. The molecule has 0 aliphatic carbocycles. The van der Waals surface area contributed by atoms with Gasteiger partial charge in [-0.15, -0.1) is 5.10 Å². The number of rotatable bonds is 6. The zero-order chi connectivity index (χ0) is 14.6. The number of nitrogens with one attached hydrogen (secondary N) is 1. The Balaban J connectivity index is 1.97. The molecule has 0 fully saturated rings. The number of hydrogen-bond acceptors (Lipinski definition) is 4. The maximum Gasteiger partial charge on any atom is 0.0965 e. The Morgan fingerprint density at radius 3 is 2.80 bits per heavy atom. The molecule has 2 rings (SSSR count). The van der Waals surface area contributed by atoms with Crippen molar-refractivity contribution in [1.82, 2.24) is 29.9 Å². The van der Waals surface area contributed by atoms with Crippen LogP contribution in [0.15, 0.2) is 18.7 Å². The molecule has 0 unspecified atom stereocenters. The van der Waals surface area contributed by atoms with Crippen LogP contribution in [0.5, 0.6) is 0 Å². The molecule has 6 heteroatoms. The maximum absolute atomic E-state index is 4.20. The first-order valence-electron chi connectivity index (χ1n) is 7.11. The number of imidazole rings is 1. The second-order valence-electron chi connectivity index (χ2n) is 6.09. The fourth-order valence-electron chi connectivity index (χ4n) is 1.94. The highest BCUT2D eigenvalue weighted by atomic mass is 15.4. The van der Waals surface area contributed by atoms with Gasteiger partial charge in [0.05, 0.1) is 36.7 Å². The first kappa shape index (κ1) is 14.7. The van der Waals surface area contributed by atoms with Crippen molar-refractivity contribution < 1.29 is 0 Å². The van der Waals surface area contributed by atoms with Crippen molar-refractivity contribution in [3.8, 4) is 0 Å². The van der Waals surface area contributed by atoms with E-state index in [0.29, 0.717) is 6.54 Å². The molecule has 2 heterocycles. The molecule has 0 bridgehead atoms. The van der Waals surface area contributed by atoms with E-state index in [0.717, 1.165) is 30.9 Å². The van der Waals surface area contributed by atoms with Crippen molar-refractivity contribution in [1.29, 1.82) is 0 Å². The second kappa shape index (κ2) is 6.17. The largest absolute Gasteiger partial charge is 0.333 e. The van der Waals surface area contributed by atoms with Crippen molar-refractivity contribution in [3.63, 3.8) is 0 Å². The van der Waals surface area contributed by atoms with Gasteiger partial charge < -0.3 is 9.88 Å². The highest BCUT2D eigenvalue weighted by Crippen LogP contribution is 2.05. The van der Waals surface area contributed by atoms with Crippen LogP contribution in [0.2, 0.25) is 0 Å². The Labute approximate surface area is 120 Å². The molecule has 2 aromatic rings. The molecule has 0 amide bonds. The van der Waals surface area contributed by atoms with E-state index in [9.17, 15) is 0 Å². The first-order chi connectivity index (χ1) is 9.48. The van der Waals surface area contributed by atoms with Crippen molar-refractivity contribution in [3.05, 3.63) is 30.1 Å². The lowest BCUT2D eigenvalue weighted by atomic mass is 10.1. The molecule has 1 N–H and O–H groups in total. The van der Waals surface area contributed by atoms with E-state index in [2.05, 4.69) is 52.9 Å². The van der Waals surface area contributed by atoms with Crippen molar-refractivity contribution in [2.45, 2.75) is 59.3 Å². The quantitative estimate of drug-likeness (QED) is 0.874. The van der Waals surface area contributed by atoms with E-state index in [1.165, 1.54) is 0 Å². The summed E-state index contributed by atoms with van der Waals surface area (Å²) in [5.74, 6) is 0. The van der Waals surface area contributed by atoms with Gasteiger partial charge in [-0.05, 0) is 27.2 Å². The molecule has 20 heavy (non-hydrogen) atoms. The van der Waals surface area contributed by atoms with Crippen LogP contribution in [-0.4, -0.2) is 30.1 Å². The third-order valence-electron chi connectivity index (χ3n) is 2.97. The van der Waals surface area contributed by atoms with Crippen molar-refractivity contribution in [2.24, 2.45) is 0 Å². The van der Waals surface area contributed by atoms with Crippen molar-refractivity contribution in [2.75, 3.05) is 0 Å². The molecule has 0 saturated carbocycles. The van der Waals surface area contributed by atoms with Crippen LogP contribution in [0.1, 0.15) is 45.5 Å². The van der Waals surface area contributed by atoms with E-state index >= 15 is 0 Å². The molecule has 0 atom stereocenters. The lowest BCUT2D eigenvalue weighted by molar-refractivity contribution is 0.421. The minimum atomic E-state index is 0.0868. The SMILES string of the molecule is CCCn1cncc1Cn1cc(CNC(C)(C)C)nn1. The van der Waals surface area contributed by atoms with Gasteiger partial charge in [-0.25, -0.2) is 9.67 Å². The predicted molar refractivity (Wildman–Crippen MR) is 78.2 cm³/mol. The summed E-state index contributed by atoms with van der Waals surface area (Å²) in [6.45, 7) is 11.0. The molecule has 0 aliphatic rings. The molecule has 0 saturated heterocycles. The van der Waals surface area contributed by atoms with Crippen LogP contribution in [-0.2, 0) is 19.6 Å². The zero-order valence-corrected chi connectivity index (χ0v) is 12.8. The van der Waals surface area contributed by atoms with Gasteiger partial charge in [0.2, 0.25) is 0 Å². The normalized spacial score (nSPS) is 12.0. The first-order valence-corrected chi connectivity index (χ1v) is 7.11. The minimum Gasteiger partial charge on any atom is -0.333 e. The third kappa shape index (κ3) is 4.16. The van der Waals surface area contributed by atoms with E-state index in [4.69, 9.17) is 0 Å². The van der Waals surface area contributed by atoms with Gasteiger partial charge in [-0.3, -0.25) is 0 Å². The average Bonchev–Trinajstić information content (AvgIpc) is 2.97. The smallest absolute Gasteiger partial charge is 0.0965 e. The fourth-order valence-corrected chi connectivity index (χ4v) is 1.94. The summed E-state index contributed by atoms with van der Waals surface area (Å²) in [6.07, 6.45) is 6.85. The second-order valence-corrected chi connectivity index (χ2v) is 6.09. The molecule has 6 nitrogen and oxygen atoms in total. The maximum atomic E-state index is 4.20. The molecule has 0 radical (unpaired) electrons. The molecular weight excluding hydrogens is 252 g/mol. The molecular formula is C14H24N6. The van der Waals surface area contributed by atoms with Crippen LogP contribution in [0, 0.1) is 0 Å². The Bertz CT molecular complexity index is 534. The van der Waals surface area contributed by atoms with E-state index in [-0.39, 0.29) is 5.54 Å². The summed E-state index contributed by atoms with van der Waals surface area (Å²) in [5.41, 5.74) is 2.21. The van der Waals surface area contributed by atoms with E-state index in [1.54, 1.807) is 0 Å². The topological polar surface area (TPSA) is 60.6 Å². The highest BCUT2D eigenvalue weighted by molar-refractivity contribution is 5.01. The summed E-state index contributed by atoms with van der Waals surface area (Å²) >= 11 is 0. The molecule has 0 aromatic carbocycles. The van der Waals surface area contributed by atoms with Crippen LogP contribution in [0.3, 0.4) is 0 Å². The van der Waals surface area contributed by atoms with Gasteiger partial charge in [0.15, 0.2) is 0 Å². The number of hydrogen-bond donors (Lipinski definition) is 1. The van der Waals surface area contributed by atoms with Crippen LogP contribution < -0.4 is 5.32 Å². The Hall–Kier alpha value is -1.69. The molecule has 2 aromatic heterocycles. The minimum absolute atomic E-state index is 0.0868. The number of nitrogens with zero attached hydrogens (tertiary/aromatic N) is 5. The van der Waals surface area contributed by atoms with Crippen LogP contribution in [0.25, 0.3) is 0 Å². The van der Waals surface area contributed by atoms with Crippen LogP contribution >= 0.6 is 0 Å². The highest BCUT2D eigenvalue weighted by Gasteiger charge is 2.10. The zero-order valence-electron chi connectivity index (χ0n) is 12.8. The van der Waals surface area contributed by atoms with Crippen LogP contribution in [0.4, 0.5) is 0 Å². The monoisotopic (exact) mass is 276 g/mol. The fraction of sp³-hybridized carbons (Fsp3) is 0.643. The van der Waals surface area contributed by atoms with Crippen molar-refractivity contribution >= 4 is 0 Å². The van der Waals surface area contributed by atoms with Gasteiger partial charge in [0.25, 0.3) is 0 Å². The summed E-state index contributed by atoms with van der Waals surface area (Å²) in [4.78, 5) is 4.20. The Kier molecular flexibility index (Phi) is 4.54. The predicted octanol–water partition coefficient (Wildman–Crippen LogP) is 1.82. The summed E-state index contributed by atoms with van der Waals surface area (Å²) in [7, 11) is 0. The number of aryl methyl sites for hydroxylation is 1. The van der Waals surface area contributed by atoms with Gasteiger partial charge in [-0.2, -0.15) is 0 Å². The summed E-state index contributed by atoms with van der Waals surface area (Å²) in [6, 6.07) is 0. The molecule has 110 valence electrons. The summed E-state index contributed by atoms with van der Waals surface area (Å²) in [5, 5.41) is 11.8. The van der Waals surface area contributed by atoms with E-state index in [1.807, 2.05) is 23.4 Å². The van der Waals surface area contributed by atoms with Gasteiger partial charge in [0, 0.05) is 18.6 Å². The Morgan fingerprint density at radius 1 is 1.30 bits per heavy atom. The van der Waals surface area contributed by atoms with Gasteiger partial charge in [0.1, 0.15) is 0 Å².